The van der Waals surface area contributed by atoms with Gasteiger partial charge in [0.05, 0.1) is 12.2 Å². The number of rotatable bonds is 5. The monoisotopic (exact) mass is 326 g/mol. The molecule has 20 heavy (non-hydrogen) atoms. The predicted molar refractivity (Wildman–Crippen MR) is 82.3 cm³/mol. The number of hydrogen-bond acceptors (Lipinski definition) is 4. The third-order valence-corrected chi connectivity index (χ3v) is 5.33. The Morgan fingerprint density at radius 2 is 2.15 bits per heavy atom. The highest BCUT2D eigenvalue weighted by atomic mass is 35.5. The summed E-state index contributed by atoms with van der Waals surface area (Å²) in [7, 11) is -3.64. The number of nitrogens with zero attached hydrogens (tertiary/aromatic N) is 1. The fourth-order valence-corrected chi connectivity index (χ4v) is 3.74. The number of hydrogen-bond donors (Lipinski definition) is 1. The van der Waals surface area contributed by atoms with Crippen LogP contribution < -0.4 is 9.84 Å². The van der Waals surface area contributed by atoms with Crippen molar-refractivity contribution in [3.63, 3.8) is 0 Å². The van der Waals surface area contributed by atoms with Gasteiger partial charge in [-0.1, -0.05) is 29.7 Å². The van der Waals surface area contributed by atoms with Crippen LogP contribution in [0.5, 0.6) is 0 Å². The van der Waals surface area contributed by atoms with Crippen molar-refractivity contribution in [1.82, 2.24) is 4.83 Å². The minimum absolute atomic E-state index is 0.0882. The first-order chi connectivity index (χ1) is 9.53. The van der Waals surface area contributed by atoms with Crippen LogP contribution in [-0.2, 0) is 10.0 Å². The number of benzene rings is 1. The lowest BCUT2D eigenvalue weighted by Crippen LogP contribution is -2.42. The van der Waals surface area contributed by atoms with E-state index in [1.54, 1.807) is 35.7 Å². The van der Waals surface area contributed by atoms with Crippen molar-refractivity contribution in [1.29, 1.82) is 0 Å². The van der Waals surface area contributed by atoms with E-state index < -0.39 is 10.0 Å². The highest BCUT2D eigenvalue weighted by Gasteiger charge is 2.19. The van der Waals surface area contributed by atoms with E-state index in [1.165, 1.54) is 11.1 Å². The van der Waals surface area contributed by atoms with Crippen LogP contribution in [0.25, 0.3) is 0 Å². The second kappa shape index (κ2) is 6.29. The predicted octanol–water partition coefficient (Wildman–Crippen LogP) is 2.73. The summed E-state index contributed by atoms with van der Waals surface area (Å²) in [4.78, 5) is 2.46. The summed E-state index contributed by atoms with van der Waals surface area (Å²) in [5.74, 6) is 2.41. The minimum Gasteiger partial charge on any atom is -0.283 e. The number of terminal acetylenes is 1. The summed E-state index contributed by atoms with van der Waals surface area (Å²) in [5.41, 5.74) is 0.579. The van der Waals surface area contributed by atoms with Gasteiger partial charge in [0, 0.05) is 5.02 Å². The van der Waals surface area contributed by atoms with E-state index >= 15 is 0 Å². The lowest BCUT2D eigenvalue weighted by molar-refractivity contribution is 0.581. The summed E-state index contributed by atoms with van der Waals surface area (Å²) in [6, 6.07) is 9.98. The SMILES string of the molecule is C#CCN(NS(=O)(=O)c1cccs1)c1cccc(Cl)c1. The van der Waals surface area contributed by atoms with Crippen LogP contribution in [0.3, 0.4) is 0 Å². The third kappa shape index (κ3) is 3.52. The van der Waals surface area contributed by atoms with Crippen LogP contribution in [0.2, 0.25) is 5.02 Å². The van der Waals surface area contributed by atoms with Crippen LogP contribution in [-0.4, -0.2) is 15.0 Å². The van der Waals surface area contributed by atoms with E-state index in [0.717, 1.165) is 11.3 Å². The topological polar surface area (TPSA) is 49.4 Å². The second-order valence-electron chi connectivity index (χ2n) is 3.80. The molecule has 0 aliphatic carbocycles. The summed E-state index contributed by atoms with van der Waals surface area (Å²) >= 11 is 7.04. The summed E-state index contributed by atoms with van der Waals surface area (Å²) in [6.07, 6.45) is 5.29. The quantitative estimate of drug-likeness (QED) is 0.679. The normalized spacial score (nSPS) is 11.0. The zero-order valence-corrected chi connectivity index (χ0v) is 12.7. The van der Waals surface area contributed by atoms with Crippen LogP contribution in [0, 0.1) is 12.3 Å². The number of hydrazine groups is 1. The van der Waals surface area contributed by atoms with Gasteiger partial charge in [-0.15, -0.1) is 22.6 Å². The molecule has 0 atom stereocenters. The van der Waals surface area contributed by atoms with Gasteiger partial charge in [0.1, 0.15) is 4.21 Å². The second-order valence-corrected chi connectivity index (χ2v) is 7.07. The van der Waals surface area contributed by atoms with Gasteiger partial charge in [0.15, 0.2) is 0 Å². The molecule has 0 radical (unpaired) electrons. The molecule has 0 fully saturated rings. The minimum atomic E-state index is -3.64. The van der Waals surface area contributed by atoms with Crippen LogP contribution in [0.15, 0.2) is 46.0 Å². The van der Waals surface area contributed by atoms with Gasteiger partial charge in [-0.3, -0.25) is 5.01 Å². The summed E-state index contributed by atoms with van der Waals surface area (Å²) in [6.45, 7) is 0.0882. The standard InChI is InChI=1S/C13H11ClN2O2S2/c1-2-8-16(12-6-3-5-11(14)10-12)15-20(17,18)13-7-4-9-19-13/h1,3-7,9-10,15H,8H2. The fourth-order valence-electron chi connectivity index (χ4n) is 1.52. The van der Waals surface area contributed by atoms with Crippen molar-refractivity contribution < 1.29 is 8.42 Å². The van der Waals surface area contributed by atoms with Gasteiger partial charge in [-0.25, -0.2) is 8.42 Å². The fraction of sp³-hybridized carbons (Fsp3) is 0.0769. The first-order valence-corrected chi connectivity index (χ1v) is 8.29. The molecule has 1 aromatic heterocycles. The van der Waals surface area contributed by atoms with Crippen LogP contribution >= 0.6 is 22.9 Å². The smallest absolute Gasteiger partial charge is 0.266 e. The molecule has 2 aromatic rings. The molecule has 1 aromatic carbocycles. The number of halogens is 1. The van der Waals surface area contributed by atoms with Gasteiger partial charge >= 0.3 is 0 Å². The molecule has 0 saturated heterocycles. The maximum Gasteiger partial charge on any atom is 0.266 e. The molecule has 1 heterocycles. The molecule has 0 amide bonds. The molecular weight excluding hydrogens is 316 g/mol. The molecule has 0 aliphatic rings. The largest absolute Gasteiger partial charge is 0.283 e. The first kappa shape index (κ1) is 14.9. The van der Waals surface area contributed by atoms with Gasteiger partial charge in [0.2, 0.25) is 0 Å². The number of sulfonamides is 1. The molecule has 0 spiro atoms. The van der Waals surface area contributed by atoms with Crippen molar-refractivity contribution in [2.24, 2.45) is 0 Å². The molecular formula is C13H11ClN2O2S2. The number of thiophene rings is 1. The van der Waals surface area contributed by atoms with E-state index in [2.05, 4.69) is 10.8 Å². The zero-order chi connectivity index (χ0) is 14.6. The molecule has 2 rings (SSSR count). The Bertz CT molecular complexity index is 721. The Hall–Kier alpha value is -1.52. The molecule has 0 aliphatic heterocycles. The van der Waals surface area contributed by atoms with Crippen LogP contribution in [0.1, 0.15) is 0 Å². The molecule has 1 N–H and O–H groups in total. The Morgan fingerprint density at radius 3 is 2.75 bits per heavy atom. The van der Waals surface area contributed by atoms with E-state index in [0.29, 0.717) is 10.7 Å². The first-order valence-electron chi connectivity index (χ1n) is 5.55. The number of nitrogens with one attached hydrogen (secondary N) is 1. The summed E-state index contributed by atoms with van der Waals surface area (Å²) < 4.78 is 24.6. The van der Waals surface area contributed by atoms with E-state index in [-0.39, 0.29) is 10.8 Å². The Morgan fingerprint density at radius 1 is 1.35 bits per heavy atom. The van der Waals surface area contributed by atoms with Crippen molar-refractivity contribution >= 4 is 38.6 Å². The lowest BCUT2D eigenvalue weighted by atomic mass is 10.3. The lowest BCUT2D eigenvalue weighted by Gasteiger charge is -2.22. The Kier molecular flexibility index (Phi) is 4.68. The molecule has 0 bridgehead atoms. The van der Waals surface area contributed by atoms with E-state index in [9.17, 15) is 8.42 Å². The van der Waals surface area contributed by atoms with Crippen molar-refractivity contribution in [3.05, 3.63) is 46.8 Å². The zero-order valence-electron chi connectivity index (χ0n) is 10.3. The van der Waals surface area contributed by atoms with Gasteiger partial charge in [0.25, 0.3) is 10.0 Å². The third-order valence-electron chi connectivity index (χ3n) is 2.36. The van der Waals surface area contributed by atoms with E-state index in [4.69, 9.17) is 18.0 Å². The average Bonchev–Trinajstić information content (AvgIpc) is 2.93. The Labute approximate surface area is 127 Å². The van der Waals surface area contributed by atoms with Gasteiger partial charge in [-0.05, 0) is 29.6 Å². The van der Waals surface area contributed by atoms with Crippen molar-refractivity contribution in [2.45, 2.75) is 4.21 Å². The maximum absolute atomic E-state index is 12.2. The van der Waals surface area contributed by atoms with Gasteiger partial charge in [-0.2, -0.15) is 0 Å². The molecule has 4 nitrogen and oxygen atoms in total. The average molecular weight is 327 g/mol. The molecule has 7 heteroatoms. The van der Waals surface area contributed by atoms with Gasteiger partial charge < -0.3 is 0 Å². The highest BCUT2D eigenvalue weighted by Crippen LogP contribution is 2.21. The Balaban J connectivity index is 2.29. The van der Waals surface area contributed by atoms with Crippen molar-refractivity contribution in [2.75, 3.05) is 11.6 Å². The number of anilines is 1. The van der Waals surface area contributed by atoms with Crippen molar-refractivity contribution in [3.8, 4) is 12.3 Å². The molecule has 0 unspecified atom stereocenters. The summed E-state index contributed by atoms with van der Waals surface area (Å²) in [5, 5.41) is 3.56. The molecule has 104 valence electrons. The maximum atomic E-state index is 12.2. The molecule has 0 saturated carbocycles. The van der Waals surface area contributed by atoms with Crippen LogP contribution in [0.4, 0.5) is 5.69 Å². The van der Waals surface area contributed by atoms with E-state index in [1.807, 2.05) is 0 Å². The highest BCUT2D eigenvalue weighted by molar-refractivity contribution is 7.91.